The quantitative estimate of drug-likeness (QED) is 0.348. The van der Waals surface area contributed by atoms with Crippen molar-refractivity contribution < 1.29 is 19.4 Å². The lowest BCUT2D eigenvalue weighted by Gasteiger charge is -2.60. The minimum atomic E-state index is -1.13. The van der Waals surface area contributed by atoms with Gasteiger partial charge in [0.15, 0.2) is 0 Å². The fourth-order valence-corrected chi connectivity index (χ4v) is 10.3. The van der Waals surface area contributed by atoms with E-state index in [0.717, 1.165) is 56.9 Å². The molecular weight excluding hydrogens is 438 g/mol. The molecule has 196 valence electrons. The normalized spacial score (nSPS) is 48.0. The van der Waals surface area contributed by atoms with Crippen LogP contribution in [0.3, 0.4) is 0 Å². The Hall–Kier alpha value is -1.20. The van der Waals surface area contributed by atoms with Gasteiger partial charge in [0.2, 0.25) is 0 Å². The second-order valence-electron chi connectivity index (χ2n) is 13.4. The highest BCUT2D eigenvalue weighted by atomic mass is 16.5. The fraction of sp³-hybridized carbons (Fsp3) is 0.867. The Bertz CT molecular complexity index is 897. The number of fused-ring (bicyclic) bond motifs is 2. The lowest BCUT2D eigenvalue weighted by Crippen LogP contribution is -2.65. The summed E-state index contributed by atoms with van der Waals surface area (Å²) in [5, 5.41) is 11.3. The van der Waals surface area contributed by atoms with Gasteiger partial charge >= 0.3 is 5.97 Å². The first-order valence-corrected chi connectivity index (χ1v) is 14.3. The molecule has 3 saturated carbocycles. The molecule has 0 aromatic carbocycles. The lowest BCUT2D eigenvalue weighted by molar-refractivity contribution is -0.197. The Balaban J connectivity index is 1.67. The number of rotatable bonds is 9. The number of likely N-dealkylation sites (N-methyl/N-ethyl adjacent to an activating group) is 1. The van der Waals surface area contributed by atoms with E-state index in [1.165, 1.54) is 6.42 Å². The van der Waals surface area contributed by atoms with Gasteiger partial charge in [-0.15, -0.1) is 0 Å². The zero-order valence-corrected chi connectivity index (χ0v) is 22.8. The first kappa shape index (κ1) is 25.4. The summed E-state index contributed by atoms with van der Waals surface area (Å²) in [6.07, 6.45) is 11.6. The van der Waals surface area contributed by atoms with Crippen molar-refractivity contribution in [1.82, 2.24) is 4.90 Å². The number of carboxylic acid groups (broad SMARTS) is 1. The predicted octanol–water partition coefficient (Wildman–Crippen LogP) is 5.44. The third-order valence-corrected chi connectivity index (χ3v) is 11.4. The largest absolute Gasteiger partial charge is 0.481 e. The van der Waals surface area contributed by atoms with Gasteiger partial charge in [-0.25, -0.2) is 0 Å². The Kier molecular flexibility index (Phi) is 6.31. The maximum absolute atomic E-state index is 13.8. The van der Waals surface area contributed by atoms with Crippen molar-refractivity contribution in [3.63, 3.8) is 0 Å². The molecule has 5 rings (SSSR count). The lowest BCUT2D eigenvalue weighted by atomic mass is 9.41. The first-order chi connectivity index (χ1) is 16.6. The van der Waals surface area contributed by atoms with Crippen LogP contribution in [0.5, 0.6) is 0 Å². The van der Waals surface area contributed by atoms with E-state index in [1.54, 1.807) is 0 Å². The summed E-state index contributed by atoms with van der Waals surface area (Å²) in [7, 11) is 4.20. The highest BCUT2D eigenvalue weighted by Crippen LogP contribution is 2.84. The van der Waals surface area contributed by atoms with Crippen LogP contribution in [0.15, 0.2) is 11.6 Å². The van der Waals surface area contributed by atoms with Crippen LogP contribution in [0.2, 0.25) is 0 Å². The third-order valence-electron chi connectivity index (χ3n) is 11.4. The summed E-state index contributed by atoms with van der Waals surface area (Å²) >= 11 is 0. The van der Waals surface area contributed by atoms with E-state index in [1.807, 2.05) is 0 Å². The average Bonchev–Trinajstić information content (AvgIpc) is 3.50. The van der Waals surface area contributed by atoms with Crippen LogP contribution in [0.25, 0.3) is 0 Å². The predicted molar refractivity (Wildman–Crippen MR) is 137 cm³/mol. The Morgan fingerprint density at radius 3 is 2.63 bits per heavy atom. The van der Waals surface area contributed by atoms with Crippen LogP contribution in [-0.2, 0) is 14.3 Å². The smallest absolute Gasteiger partial charge is 0.315 e. The topological polar surface area (TPSA) is 66.8 Å². The monoisotopic (exact) mass is 485 g/mol. The van der Waals surface area contributed by atoms with Crippen LogP contribution in [0, 0.1) is 51.8 Å². The number of carbonyl (C=O) groups excluding carboxylic acids is 1. The van der Waals surface area contributed by atoms with Crippen molar-refractivity contribution in [2.45, 2.75) is 91.3 Å². The first-order valence-electron chi connectivity index (χ1n) is 14.3. The van der Waals surface area contributed by atoms with Crippen molar-refractivity contribution >= 4 is 12.3 Å². The van der Waals surface area contributed by atoms with Gasteiger partial charge in [-0.1, -0.05) is 58.6 Å². The molecule has 1 saturated heterocycles. The van der Waals surface area contributed by atoms with E-state index in [2.05, 4.69) is 52.8 Å². The van der Waals surface area contributed by atoms with Crippen molar-refractivity contribution in [3.8, 4) is 0 Å². The second-order valence-corrected chi connectivity index (χ2v) is 13.4. The van der Waals surface area contributed by atoms with Gasteiger partial charge in [-0.05, 0) is 81.7 Å². The van der Waals surface area contributed by atoms with Crippen LogP contribution in [-0.4, -0.2) is 55.1 Å². The van der Waals surface area contributed by atoms with Gasteiger partial charge in [0.1, 0.15) is 11.7 Å². The summed E-state index contributed by atoms with van der Waals surface area (Å²) in [6.45, 7) is 9.70. The molecule has 7 unspecified atom stereocenters. The fourth-order valence-electron chi connectivity index (χ4n) is 10.3. The summed E-state index contributed by atoms with van der Waals surface area (Å²) in [5.41, 5.74) is -1.41. The van der Waals surface area contributed by atoms with Gasteiger partial charge < -0.3 is 19.5 Å². The van der Waals surface area contributed by atoms with E-state index in [-0.39, 0.29) is 30.0 Å². The molecule has 5 aliphatic rings. The van der Waals surface area contributed by atoms with Crippen molar-refractivity contribution in [1.29, 1.82) is 0 Å². The Labute approximate surface area is 212 Å². The molecule has 0 aromatic heterocycles. The van der Waals surface area contributed by atoms with Crippen LogP contribution >= 0.6 is 0 Å². The standard InChI is InChI=1S/C30H47NO4/c1-7-8-9-20-12-26(35-25(20)16-31(5)6)29-15-22-19(4)10-11-23(22)28(17-32)14-21(29)13-24(18(2)3)30(28,29)27(33)34/h13,17-23,25-26H,7-12,14-16H2,1-6H3,(H,33,34)/t19-,20?,21?,22-,23-,25?,26?,28?,29?,30?/m1/s1. The maximum Gasteiger partial charge on any atom is 0.315 e. The minimum Gasteiger partial charge on any atom is -0.481 e. The molecular formula is C30H47NO4. The molecule has 5 heteroatoms. The summed E-state index contributed by atoms with van der Waals surface area (Å²) in [4.78, 5) is 29.3. The highest BCUT2D eigenvalue weighted by Gasteiger charge is 2.86. The SMILES string of the molecule is CCCCC1CC(C23C[C@@H]4[C@H](C)CC[C@H]4C4(C=O)CC2C=C(C(C)C)C34C(=O)O)OC1CN(C)C. The van der Waals surface area contributed by atoms with Gasteiger partial charge in [0, 0.05) is 12.0 Å². The molecule has 0 aromatic rings. The maximum atomic E-state index is 13.8. The summed E-state index contributed by atoms with van der Waals surface area (Å²) < 4.78 is 7.05. The van der Waals surface area contributed by atoms with Gasteiger partial charge in [0.25, 0.3) is 0 Å². The van der Waals surface area contributed by atoms with Crippen molar-refractivity contribution in [3.05, 3.63) is 11.6 Å². The number of carbonyl (C=O) groups is 2. The molecule has 5 nitrogen and oxygen atoms in total. The van der Waals surface area contributed by atoms with Gasteiger partial charge in [-0.2, -0.15) is 0 Å². The second kappa shape index (κ2) is 8.68. The van der Waals surface area contributed by atoms with E-state index < -0.39 is 22.2 Å². The van der Waals surface area contributed by atoms with Gasteiger partial charge in [-0.3, -0.25) is 4.79 Å². The van der Waals surface area contributed by atoms with Gasteiger partial charge in [0.05, 0.1) is 17.6 Å². The molecule has 4 fully saturated rings. The van der Waals surface area contributed by atoms with Crippen molar-refractivity contribution in [2.24, 2.45) is 51.8 Å². The number of unbranched alkanes of at least 4 members (excludes halogenated alkanes) is 1. The molecule has 0 spiro atoms. The number of carboxylic acids is 1. The van der Waals surface area contributed by atoms with E-state index in [4.69, 9.17) is 4.74 Å². The summed E-state index contributed by atoms with van der Waals surface area (Å²) in [5.74, 6) is 1.07. The van der Waals surface area contributed by atoms with E-state index in [9.17, 15) is 14.7 Å². The zero-order valence-electron chi connectivity index (χ0n) is 22.8. The van der Waals surface area contributed by atoms with Crippen LogP contribution in [0.4, 0.5) is 0 Å². The molecule has 4 bridgehead atoms. The number of allylic oxidation sites excluding steroid dienone is 1. The average molecular weight is 486 g/mol. The number of hydrogen-bond acceptors (Lipinski definition) is 4. The molecule has 4 aliphatic carbocycles. The highest BCUT2D eigenvalue weighted by molar-refractivity contribution is 5.90. The summed E-state index contributed by atoms with van der Waals surface area (Å²) in [6, 6.07) is 0. The molecule has 1 heterocycles. The minimum absolute atomic E-state index is 0.0986. The molecule has 10 atom stereocenters. The molecule has 1 aliphatic heterocycles. The third kappa shape index (κ3) is 3.06. The van der Waals surface area contributed by atoms with E-state index in [0.29, 0.717) is 24.2 Å². The number of aldehydes is 1. The van der Waals surface area contributed by atoms with Crippen molar-refractivity contribution in [2.75, 3.05) is 20.6 Å². The Morgan fingerprint density at radius 2 is 2.03 bits per heavy atom. The van der Waals surface area contributed by atoms with Crippen LogP contribution in [0.1, 0.15) is 79.1 Å². The molecule has 0 radical (unpaired) electrons. The van der Waals surface area contributed by atoms with E-state index >= 15 is 0 Å². The molecule has 35 heavy (non-hydrogen) atoms. The molecule has 0 amide bonds. The zero-order chi connectivity index (χ0) is 25.3. The molecule has 1 N–H and O–H groups in total. The number of hydrogen-bond donors (Lipinski definition) is 1. The number of nitrogens with zero attached hydrogens (tertiary/aromatic N) is 1. The number of ether oxygens (including phenoxy) is 1. The number of aliphatic carboxylic acids is 1. The van der Waals surface area contributed by atoms with Crippen LogP contribution < -0.4 is 0 Å². The Morgan fingerprint density at radius 1 is 1.29 bits per heavy atom.